The second kappa shape index (κ2) is 36.6. The van der Waals surface area contributed by atoms with Crippen molar-refractivity contribution in [2.75, 3.05) is 47.5 Å². The molecular weight excluding hydrogens is 701 g/mol. The summed E-state index contributed by atoms with van der Waals surface area (Å²) in [7, 11) is 1.45. The molecule has 0 bridgehead atoms. The summed E-state index contributed by atoms with van der Waals surface area (Å²) in [5.41, 5.74) is 0. The van der Waals surface area contributed by atoms with E-state index in [2.05, 4.69) is 62.5 Å². The van der Waals surface area contributed by atoms with E-state index >= 15 is 0 Å². The molecule has 314 valence electrons. The lowest BCUT2D eigenvalue weighted by Crippen LogP contribution is -2.37. The lowest BCUT2D eigenvalue weighted by molar-refractivity contribution is -0.870. The van der Waals surface area contributed by atoms with Crippen molar-refractivity contribution in [3.05, 3.63) is 48.6 Å². The number of hydrogen-bond donors (Lipinski definition) is 1. The second-order valence-corrected chi connectivity index (χ2v) is 16.8. The first-order valence-electron chi connectivity index (χ1n) is 21.4. The fourth-order valence-corrected chi connectivity index (χ4v) is 6.15. The van der Waals surface area contributed by atoms with E-state index in [-0.39, 0.29) is 32.0 Å². The number of unbranched alkanes of at least 4 members (excludes halogenated alkanes) is 16. The fourth-order valence-electron chi connectivity index (χ4n) is 5.41. The van der Waals surface area contributed by atoms with Crippen molar-refractivity contribution in [1.29, 1.82) is 0 Å². The molecule has 0 aliphatic heterocycles. The lowest BCUT2D eigenvalue weighted by Gasteiger charge is -2.24. The highest BCUT2D eigenvalue weighted by atomic mass is 31.2. The molecule has 9 nitrogen and oxygen atoms in total. The molecule has 10 heteroatoms. The molecule has 0 fully saturated rings. The molecule has 54 heavy (non-hydrogen) atoms. The summed E-state index contributed by atoms with van der Waals surface area (Å²) in [4.78, 5) is 35.3. The fraction of sp³-hybridized carbons (Fsp3) is 0.773. The van der Waals surface area contributed by atoms with Gasteiger partial charge in [0.05, 0.1) is 27.7 Å². The molecule has 2 atom stereocenters. The lowest BCUT2D eigenvalue weighted by atomic mass is 10.1. The predicted octanol–water partition coefficient (Wildman–Crippen LogP) is 11.9. The van der Waals surface area contributed by atoms with Gasteiger partial charge in [0.15, 0.2) is 6.10 Å². The van der Waals surface area contributed by atoms with E-state index in [1.165, 1.54) is 44.9 Å². The Morgan fingerprint density at radius 2 is 1.02 bits per heavy atom. The van der Waals surface area contributed by atoms with E-state index in [1.54, 1.807) is 0 Å². The van der Waals surface area contributed by atoms with Crippen molar-refractivity contribution >= 4 is 19.8 Å². The molecule has 0 saturated heterocycles. The third kappa shape index (κ3) is 39.7. The monoisotopic (exact) mass is 783 g/mol. The van der Waals surface area contributed by atoms with Gasteiger partial charge in [-0.1, -0.05) is 133 Å². The second-order valence-electron chi connectivity index (χ2n) is 15.4. The first-order chi connectivity index (χ1) is 26.0. The van der Waals surface area contributed by atoms with Crippen LogP contribution in [0, 0.1) is 0 Å². The van der Waals surface area contributed by atoms with Crippen LogP contribution in [0.3, 0.4) is 0 Å². The normalized spacial score (nSPS) is 14.1. The maximum Gasteiger partial charge on any atom is 0.472 e. The first-order valence-corrected chi connectivity index (χ1v) is 22.9. The van der Waals surface area contributed by atoms with Gasteiger partial charge in [-0.3, -0.25) is 18.6 Å². The van der Waals surface area contributed by atoms with Crippen LogP contribution < -0.4 is 0 Å². The SMILES string of the molecule is CCCC/C=C\C/C=C\CCCCCCCC(=O)OCC(COP(=O)(O)OCC[N+](C)(C)C)OC(=O)CCCCCCC/C=C\C/C=C\CCCCCC. The molecular formula is C44H81NO8P+. The molecule has 0 aliphatic rings. The van der Waals surface area contributed by atoms with Crippen molar-refractivity contribution in [2.45, 2.75) is 174 Å². The van der Waals surface area contributed by atoms with Gasteiger partial charge < -0.3 is 18.9 Å². The molecule has 0 aliphatic carbocycles. The van der Waals surface area contributed by atoms with Crippen molar-refractivity contribution in [3.8, 4) is 0 Å². The molecule has 2 unspecified atom stereocenters. The maximum absolute atomic E-state index is 12.7. The number of carbonyl (C=O) groups excluding carboxylic acids is 2. The maximum atomic E-state index is 12.7. The van der Waals surface area contributed by atoms with Gasteiger partial charge in [-0.15, -0.1) is 0 Å². The smallest absolute Gasteiger partial charge is 0.462 e. The van der Waals surface area contributed by atoms with Crippen molar-refractivity contribution in [3.63, 3.8) is 0 Å². The van der Waals surface area contributed by atoms with E-state index < -0.39 is 26.5 Å². The molecule has 0 spiro atoms. The Kier molecular flexibility index (Phi) is 35.2. The minimum absolute atomic E-state index is 0.0249. The molecule has 0 rings (SSSR count). The summed E-state index contributed by atoms with van der Waals surface area (Å²) < 4.78 is 34.2. The zero-order chi connectivity index (χ0) is 40.0. The summed E-state index contributed by atoms with van der Waals surface area (Å²) in [5.74, 6) is -0.834. The van der Waals surface area contributed by atoms with Gasteiger partial charge in [-0.25, -0.2) is 4.57 Å². The van der Waals surface area contributed by atoms with E-state index in [0.29, 0.717) is 17.4 Å². The highest BCUT2D eigenvalue weighted by Crippen LogP contribution is 2.43. The number of quaternary nitrogens is 1. The van der Waals surface area contributed by atoms with Crippen molar-refractivity contribution in [1.82, 2.24) is 0 Å². The number of likely N-dealkylation sites (N-methyl/N-ethyl adjacent to an activating group) is 1. The molecule has 0 aromatic carbocycles. The van der Waals surface area contributed by atoms with Gasteiger partial charge in [-0.05, 0) is 70.6 Å². The minimum atomic E-state index is -4.38. The van der Waals surface area contributed by atoms with Crippen LogP contribution in [-0.4, -0.2) is 74.9 Å². The van der Waals surface area contributed by atoms with E-state index in [1.807, 2.05) is 21.1 Å². The molecule has 0 radical (unpaired) electrons. The van der Waals surface area contributed by atoms with E-state index in [9.17, 15) is 19.0 Å². The Bertz CT molecular complexity index is 1070. The zero-order valence-corrected chi connectivity index (χ0v) is 36.1. The summed E-state index contributed by atoms with van der Waals surface area (Å²) in [5, 5.41) is 0. The third-order valence-electron chi connectivity index (χ3n) is 8.83. The number of rotatable bonds is 38. The number of hydrogen-bond acceptors (Lipinski definition) is 7. The van der Waals surface area contributed by atoms with Gasteiger partial charge in [0.1, 0.15) is 19.8 Å². The molecule has 0 aromatic rings. The Labute approximate surface area is 331 Å². The van der Waals surface area contributed by atoms with Crippen molar-refractivity contribution < 1.29 is 42.1 Å². The molecule has 0 heterocycles. The number of phosphoric ester groups is 1. The third-order valence-corrected chi connectivity index (χ3v) is 9.82. The Morgan fingerprint density at radius 1 is 0.574 bits per heavy atom. The Hall–Kier alpha value is -2.03. The molecule has 1 N–H and O–H groups in total. The van der Waals surface area contributed by atoms with Crippen LogP contribution >= 0.6 is 7.82 Å². The van der Waals surface area contributed by atoms with Gasteiger partial charge >= 0.3 is 19.8 Å². The van der Waals surface area contributed by atoms with Gasteiger partial charge in [0.2, 0.25) is 0 Å². The summed E-state index contributed by atoms with van der Waals surface area (Å²) in [6.07, 6.45) is 41.5. The number of phosphoric acid groups is 1. The predicted molar refractivity (Wildman–Crippen MR) is 224 cm³/mol. The molecule has 0 aromatic heterocycles. The van der Waals surface area contributed by atoms with Crippen molar-refractivity contribution in [2.24, 2.45) is 0 Å². The van der Waals surface area contributed by atoms with Gasteiger partial charge in [0, 0.05) is 12.8 Å². The first kappa shape index (κ1) is 52.0. The molecule has 0 amide bonds. The zero-order valence-electron chi connectivity index (χ0n) is 35.2. The van der Waals surface area contributed by atoms with Gasteiger partial charge in [-0.2, -0.15) is 0 Å². The topological polar surface area (TPSA) is 108 Å². The number of ether oxygens (including phenoxy) is 2. The van der Waals surface area contributed by atoms with Crippen LogP contribution in [0.5, 0.6) is 0 Å². The minimum Gasteiger partial charge on any atom is -0.462 e. The number of nitrogens with zero attached hydrogens (tertiary/aromatic N) is 1. The molecule has 0 saturated carbocycles. The number of esters is 2. The Morgan fingerprint density at radius 3 is 1.52 bits per heavy atom. The average Bonchev–Trinajstić information content (AvgIpc) is 3.12. The highest BCUT2D eigenvalue weighted by molar-refractivity contribution is 7.47. The average molecular weight is 783 g/mol. The quantitative estimate of drug-likeness (QED) is 0.0217. The summed E-state index contributed by atoms with van der Waals surface area (Å²) in [6, 6.07) is 0. The van der Waals surface area contributed by atoms with E-state index in [0.717, 1.165) is 89.9 Å². The van der Waals surface area contributed by atoms with Gasteiger partial charge in [0.25, 0.3) is 0 Å². The Balaban J connectivity index is 4.44. The summed E-state index contributed by atoms with van der Waals surface area (Å²) >= 11 is 0. The largest absolute Gasteiger partial charge is 0.472 e. The van der Waals surface area contributed by atoms with Crippen LogP contribution in [0.15, 0.2) is 48.6 Å². The number of carbonyl (C=O) groups is 2. The van der Waals surface area contributed by atoms with Crippen LogP contribution in [0.2, 0.25) is 0 Å². The van der Waals surface area contributed by atoms with E-state index in [4.69, 9.17) is 18.5 Å². The van der Waals surface area contributed by atoms with Crippen LogP contribution in [0.1, 0.15) is 168 Å². The number of allylic oxidation sites excluding steroid dienone is 8. The van der Waals surface area contributed by atoms with Crippen LogP contribution in [-0.2, 0) is 32.7 Å². The van der Waals surface area contributed by atoms with Crippen LogP contribution in [0.4, 0.5) is 0 Å². The highest BCUT2D eigenvalue weighted by Gasteiger charge is 2.27. The summed E-state index contributed by atoms with van der Waals surface area (Å²) in [6.45, 7) is 4.32. The van der Waals surface area contributed by atoms with Crippen LogP contribution in [0.25, 0.3) is 0 Å². The standard InChI is InChI=1S/C44H80NO8P/c1-6-8-10-12-14-16-18-20-22-23-25-27-29-31-33-35-37-44(47)53-42(41-52-54(48,49)51-39-38-45(3,4)5)40-50-43(46)36-34-32-30-28-26-24-21-19-17-15-13-11-9-7-2/h13,15-16,18-19,21-23,42H,6-12,14,17,20,24-41H2,1-5H3/p+1/b15-13-,18-16-,21-19-,23-22-.